The van der Waals surface area contributed by atoms with Crippen molar-refractivity contribution in [2.45, 2.75) is 39.0 Å². The first-order valence-electron chi connectivity index (χ1n) is 9.43. The van der Waals surface area contributed by atoms with Crippen molar-refractivity contribution in [1.82, 2.24) is 0 Å². The molecular weight excluding hydrogens is 354 g/mol. The second-order valence-corrected chi connectivity index (χ2v) is 7.39. The Morgan fingerprint density at radius 1 is 1.11 bits per heavy atom. The van der Waals surface area contributed by atoms with Gasteiger partial charge in [0.1, 0.15) is 5.75 Å². The number of ether oxygens (including phenoxy) is 1. The normalized spacial score (nSPS) is 12.1. The van der Waals surface area contributed by atoms with Gasteiger partial charge in [0.05, 0.1) is 7.11 Å². The van der Waals surface area contributed by atoms with Crippen LogP contribution in [0.2, 0.25) is 5.02 Å². The third kappa shape index (κ3) is 4.17. The lowest BCUT2D eigenvalue weighted by Gasteiger charge is -2.22. The van der Waals surface area contributed by atoms with Crippen molar-refractivity contribution < 1.29 is 4.74 Å². The highest BCUT2D eigenvalue weighted by Crippen LogP contribution is 2.40. The molecule has 1 unspecified atom stereocenters. The molecule has 0 saturated heterocycles. The number of halogens is 1. The number of hydrogen-bond donors (Lipinski definition) is 1. The van der Waals surface area contributed by atoms with Crippen molar-refractivity contribution in [2.75, 3.05) is 7.11 Å². The number of nitrogens with one attached hydrogen (secondary N) is 1. The molecule has 0 radical (unpaired) electrons. The van der Waals surface area contributed by atoms with Crippen LogP contribution in [0.5, 0.6) is 5.75 Å². The molecule has 140 valence electrons. The Balaban J connectivity index is 2.14. The summed E-state index contributed by atoms with van der Waals surface area (Å²) in [7, 11) is 1.73. The molecule has 0 heterocycles. The summed E-state index contributed by atoms with van der Waals surface area (Å²) in [6.07, 6.45) is 2.52. The number of aryl methyl sites for hydroxylation is 1. The van der Waals surface area contributed by atoms with E-state index in [-0.39, 0.29) is 5.92 Å². The van der Waals surface area contributed by atoms with Crippen LogP contribution in [-0.2, 0) is 6.42 Å². The molecule has 0 aliphatic carbocycles. The van der Waals surface area contributed by atoms with Gasteiger partial charge in [-0.05, 0) is 48.8 Å². The summed E-state index contributed by atoms with van der Waals surface area (Å²) in [6, 6.07) is 19.0. The van der Waals surface area contributed by atoms with E-state index in [1.54, 1.807) is 7.11 Å². The van der Waals surface area contributed by atoms with Crippen LogP contribution in [0.3, 0.4) is 0 Å². The summed E-state index contributed by atoms with van der Waals surface area (Å²) >= 11 is 6.52. The Bertz CT molecular complexity index is 964. The maximum absolute atomic E-state index is 7.89. The summed E-state index contributed by atoms with van der Waals surface area (Å²) < 4.78 is 5.86. The molecule has 3 aromatic rings. The molecule has 2 nitrogen and oxygen atoms in total. The van der Waals surface area contributed by atoms with Crippen LogP contribution < -0.4 is 4.74 Å². The Morgan fingerprint density at radius 2 is 1.89 bits per heavy atom. The standard InChI is InChI=1S/C24H26ClNO/c1-4-17-10-11-19(15-23(17)25)20(13-9-16(2)26)22-14-12-18-7-5-6-8-21(18)24(22)27-3/h5-8,10-12,14-15,20,26H,4,9,13H2,1-3H3. The molecule has 0 saturated carbocycles. The van der Waals surface area contributed by atoms with E-state index in [0.717, 1.165) is 46.5 Å². The topological polar surface area (TPSA) is 33.1 Å². The molecule has 0 spiro atoms. The van der Waals surface area contributed by atoms with E-state index < -0.39 is 0 Å². The van der Waals surface area contributed by atoms with Crippen molar-refractivity contribution in [3.05, 3.63) is 76.3 Å². The predicted molar refractivity (Wildman–Crippen MR) is 116 cm³/mol. The van der Waals surface area contributed by atoms with Gasteiger partial charge in [-0.25, -0.2) is 0 Å². The minimum atomic E-state index is 0.133. The molecule has 0 fully saturated rings. The number of rotatable bonds is 7. The number of benzene rings is 3. The van der Waals surface area contributed by atoms with Crippen molar-refractivity contribution >= 4 is 28.1 Å². The van der Waals surface area contributed by atoms with Gasteiger partial charge in [-0.2, -0.15) is 0 Å². The molecule has 0 aromatic heterocycles. The smallest absolute Gasteiger partial charge is 0.130 e. The number of fused-ring (bicyclic) bond motifs is 1. The first-order valence-corrected chi connectivity index (χ1v) is 9.81. The average molecular weight is 380 g/mol. The second kappa shape index (κ2) is 8.58. The van der Waals surface area contributed by atoms with Crippen molar-refractivity contribution in [3.63, 3.8) is 0 Å². The first kappa shape index (κ1) is 19.4. The van der Waals surface area contributed by atoms with Crippen LogP contribution >= 0.6 is 11.6 Å². The van der Waals surface area contributed by atoms with Gasteiger partial charge in [-0.3, -0.25) is 0 Å². The highest BCUT2D eigenvalue weighted by molar-refractivity contribution is 6.31. The zero-order valence-electron chi connectivity index (χ0n) is 16.2. The lowest BCUT2D eigenvalue weighted by molar-refractivity contribution is 0.412. The van der Waals surface area contributed by atoms with Crippen LogP contribution in [0.1, 0.15) is 49.3 Å². The van der Waals surface area contributed by atoms with Gasteiger partial charge in [0.2, 0.25) is 0 Å². The zero-order valence-corrected chi connectivity index (χ0v) is 16.9. The van der Waals surface area contributed by atoms with E-state index >= 15 is 0 Å². The summed E-state index contributed by atoms with van der Waals surface area (Å²) in [5.74, 6) is 1.05. The number of hydrogen-bond acceptors (Lipinski definition) is 2. The molecular formula is C24H26ClNO. The predicted octanol–water partition coefficient (Wildman–Crippen LogP) is 7.02. The molecule has 27 heavy (non-hydrogen) atoms. The summed E-state index contributed by atoms with van der Waals surface area (Å²) in [6.45, 7) is 3.98. The largest absolute Gasteiger partial charge is 0.496 e. The van der Waals surface area contributed by atoms with Crippen molar-refractivity contribution in [1.29, 1.82) is 5.41 Å². The fourth-order valence-corrected chi connectivity index (χ4v) is 4.01. The zero-order chi connectivity index (χ0) is 19.4. The van der Waals surface area contributed by atoms with E-state index in [1.807, 2.05) is 19.1 Å². The van der Waals surface area contributed by atoms with Gasteiger partial charge in [-0.1, -0.05) is 67.1 Å². The molecule has 0 aliphatic rings. The highest BCUT2D eigenvalue weighted by atomic mass is 35.5. The molecule has 0 amide bonds. The van der Waals surface area contributed by atoms with Gasteiger partial charge in [0.15, 0.2) is 0 Å². The first-order chi connectivity index (χ1) is 13.0. The Morgan fingerprint density at radius 3 is 2.56 bits per heavy atom. The van der Waals surface area contributed by atoms with E-state index in [0.29, 0.717) is 5.71 Å². The van der Waals surface area contributed by atoms with Crippen LogP contribution in [0, 0.1) is 5.41 Å². The maximum atomic E-state index is 7.89. The van der Waals surface area contributed by atoms with E-state index in [2.05, 4.69) is 49.4 Å². The van der Waals surface area contributed by atoms with Gasteiger partial charge in [0, 0.05) is 27.6 Å². The summed E-state index contributed by atoms with van der Waals surface area (Å²) in [5.41, 5.74) is 4.17. The Labute approximate surface area is 166 Å². The molecule has 3 heteroatoms. The lowest BCUT2D eigenvalue weighted by Crippen LogP contribution is -2.06. The molecule has 3 aromatic carbocycles. The van der Waals surface area contributed by atoms with Crippen LogP contribution in [0.25, 0.3) is 10.8 Å². The summed E-state index contributed by atoms with van der Waals surface area (Å²) in [4.78, 5) is 0. The highest BCUT2D eigenvalue weighted by Gasteiger charge is 2.21. The van der Waals surface area contributed by atoms with E-state index in [9.17, 15) is 0 Å². The average Bonchev–Trinajstić information content (AvgIpc) is 2.67. The fourth-order valence-electron chi connectivity index (χ4n) is 3.69. The molecule has 0 bridgehead atoms. The minimum absolute atomic E-state index is 0.133. The summed E-state index contributed by atoms with van der Waals surface area (Å²) in [5, 5.41) is 11.0. The minimum Gasteiger partial charge on any atom is -0.496 e. The fraction of sp³-hybridized carbons (Fsp3) is 0.292. The number of methoxy groups -OCH3 is 1. The van der Waals surface area contributed by atoms with Gasteiger partial charge >= 0.3 is 0 Å². The van der Waals surface area contributed by atoms with E-state index in [1.165, 1.54) is 10.9 Å². The Kier molecular flexibility index (Phi) is 6.18. The quantitative estimate of drug-likeness (QED) is 0.439. The van der Waals surface area contributed by atoms with Gasteiger partial charge in [-0.15, -0.1) is 0 Å². The van der Waals surface area contributed by atoms with Gasteiger partial charge < -0.3 is 10.1 Å². The van der Waals surface area contributed by atoms with Crippen LogP contribution in [0.15, 0.2) is 54.6 Å². The maximum Gasteiger partial charge on any atom is 0.130 e. The molecule has 1 N–H and O–H groups in total. The SMILES string of the molecule is CCc1ccc(C(CCC(C)=N)c2ccc3ccccc3c2OC)cc1Cl. The van der Waals surface area contributed by atoms with Crippen molar-refractivity contribution in [3.8, 4) is 5.75 Å². The Hall–Kier alpha value is -2.32. The van der Waals surface area contributed by atoms with Crippen LogP contribution in [0.4, 0.5) is 0 Å². The third-order valence-electron chi connectivity index (χ3n) is 5.16. The molecule has 1 atom stereocenters. The van der Waals surface area contributed by atoms with E-state index in [4.69, 9.17) is 21.7 Å². The molecule has 3 rings (SSSR count). The van der Waals surface area contributed by atoms with Crippen molar-refractivity contribution in [2.24, 2.45) is 0 Å². The van der Waals surface area contributed by atoms with Gasteiger partial charge in [0.25, 0.3) is 0 Å². The third-order valence-corrected chi connectivity index (χ3v) is 5.51. The lowest BCUT2D eigenvalue weighted by atomic mass is 9.84. The monoisotopic (exact) mass is 379 g/mol. The van der Waals surface area contributed by atoms with Crippen LogP contribution in [-0.4, -0.2) is 12.8 Å². The second-order valence-electron chi connectivity index (χ2n) is 6.99. The molecule has 0 aliphatic heterocycles.